The van der Waals surface area contributed by atoms with Gasteiger partial charge >= 0.3 is 6.85 Å². The van der Waals surface area contributed by atoms with Gasteiger partial charge in [-0.3, -0.25) is 14.1 Å². The van der Waals surface area contributed by atoms with Crippen molar-refractivity contribution in [3.63, 3.8) is 0 Å². The van der Waals surface area contributed by atoms with Gasteiger partial charge in [-0.05, 0) is 91.3 Å². The van der Waals surface area contributed by atoms with Crippen LogP contribution in [0.2, 0.25) is 0 Å². The van der Waals surface area contributed by atoms with E-state index in [-0.39, 0.29) is 17.8 Å². The van der Waals surface area contributed by atoms with Gasteiger partial charge in [0.2, 0.25) is 0 Å². The molecule has 2 unspecified atom stereocenters. The normalized spacial score (nSPS) is 25.3. The maximum absolute atomic E-state index is 15.1. The van der Waals surface area contributed by atoms with Gasteiger partial charge in [-0.25, -0.2) is 0 Å². The van der Waals surface area contributed by atoms with Crippen LogP contribution < -0.4 is 21.4 Å². The molecule has 6 aromatic rings. The van der Waals surface area contributed by atoms with E-state index in [0.29, 0.717) is 11.8 Å². The molecule has 4 aromatic carbocycles. The highest BCUT2D eigenvalue weighted by Crippen LogP contribution is 2.58. The summed E-state index contributed by atoms with van der Waals surface area (Å²) in [4.78, 5) is 17.6. The first-order valence-electron chi connectivity index (χ1n) is 16.9. The Labute approximate surface area is 261 Å². The van der Waals surface area contributed by atoms with Crippen LogP contribution in [0.3, 0.4) is 0 Å². The predicted molar refractivity (Wildman–Crippen MR) is 180 cm³/mol. The van der Waals surface area contributed by atoms with Crippen LogP contribution in [-0.2, 0) is 5.41 Å². The fourth-order valence-electron chi connectivity index (χ4n) is 11.3. The van der Waals surface area contributed by atoms with E-state index in [1.54, 1.807) is 0 Å². The van der Waals surface area contributed by atoms with Crippen molar-refractivity contribution in [2.45, 2.75) is 63.2 Å². The molecule has 0 spiro atoms. The lowest BCUT2D eigenvalue weighted by Gasteiger charge is -2.46. The first-order chi connectivity index (χ1) is 22.0. The predicted octanol–water partition coefficient (Wildman–Crippen LogP) is 7.32. The highest BCUT2D eigenvalue weighted by atomic mass is 16.3. The molecule has 13 rings (SSSR count). The molecule has 0 radical (unpaired) electrons. The third-order valence-electron chi connectivity index (χ3n) is 12.8. The molecule has 2 atom stereocenters. The fraction of sp³-hybridized carbons (Fsp3) is 0.308. The lowest BCUT2D eigenvalue weighted by molar-refractivity contribution is 0.163. The molecule has 2 saturated carbocycles. The van der Waals surface area contributed by atoms with E-state index in [1.165, 1.54) is 77.1 Å². The molecule has 0 saturated heterocycles. The van der Waals surface area contributed by atoms with Crippen molar-refractivity contribution in [3.05, 3.63) is 106 Å². The summed E-state index contributed by atoms with van der Waals surface area (Å²) in [5, 5.41) is 2.28. The van der Waals surface area contributed by atoms with Crippen molar-refractivity contribution in [1.82, 2.24) is 9.27 Å². The van der Waals surface area contributed by atoms with E-state index >= 15 is 4.79 Å². The number of rotatable bonds is 0. The molecule has 2 aromatic heterocycles. The molecule has 0 N–H and O–H groups in total. The third-order valence-corrected chi connectivity index (χ3v) is 12.8. The minimum atomic E-state index is -0.236. The summed E-state index contributed by atoms with van der Waals surface area (Å²) >= 11 is 0. The van der Waals surface area contributed by atoms with Crippen molar-refractivity contribution in [1.29, 1.82) is 0 Å². The molecular formula is C39H32BN3O2. The largest absolute Gasteiger partial charge is 0.456 e. The molecular weight excluding hydrogens is 553 g/mol. The standard InChI is InChI=1S/C39H32BN3O2/c1-39(2)26-9-4-5-10-28(26)41-29-11-7-12-30-33(29)40(34-36(41)27(39)19-25-24-8-3-6-13-31(24)45-37(25)34)43-38(44)32-22-15-20-14-21(16-22)18-23(17-20)35(32)42(30)43/h3-13,19-23H,14-18H2,1-2H3. The molecule has 3 aliphatic heterocycles. The first kappa shape index (κ1) is 23.9. The minimum absolute atomic E-state index is 0.235. The zero-order valence-electron chi connectivity index (χ0n) is 25.5. The Hall–Kier alpha value is -4.45. The van der Waals surface area contributed by atoms with Crippen molar-refractivity contribution < 1.29 is 4.42 Å². The Morgan fingerprint density at radius 3 is 2.36 bits per heavy atom. The summed E-state index contributed by atoms with van der Waals surface area (Å²) in [5.41, 5.74) is 14.1. The van der Waals surface area contributed by atoms with Crippen molar-refractivity contribution in [3.8, 4) is 5.69 Å². The quantitative estimate of drug-likeness (QED) is 0.175. The number of anilines is 3. The van der Waals surface area contributed by atoms with Gasteiger partial charge in [-0.15, -0.1) is 0 Å². The highest BCUT2D eigenvalue weighted by molar-refractivity contribution is 6.90. The van der Waals surface area contributed by atoms with Gasteiger partial charge in [0, 0.05) is 44.3 Å². The second kappa shape index (κ2) is 7.50. The number of hydrogen-bond donors (Lipinski definition) is 0. The second-order valence-electron chi connectivity index (χ2n) is 15.3. The molecule has 2 fully saturated rings. The molecule has 4 bridgehead atoms. The number of aromatic nitrogens is 2. The molecule has 7 aliphatic rings. The van der Waals surface area contributed by atoms with Crippen LogP contribution in [-0.4, -0.2) is 16.1 Å². The van der Waals surface area contributed by atoms with Crippen LogP contribution in [0.1, 0.15) is 80.2 Å². The molecule has 5 nitrogen and oxygen atoms in total. The van der Waals surface area contributed by atoms with E-state index < -0.39 is 0 Å². The van der Waals surface area contributed by atoms with Crippen LogP contribution >= 0.6 is 0 Å². The first-order valence-corrected chi connectivity index (χ1v) is 16.9. The number of fused-ring (bicyclic) bond motifs is 11. The van der Waals surface area contributed by atoms with E-state index in [2.05, 4.69) is 101 Å². The SMILES string of the molecule is CC1(C)c2ccccc2N2c3cccc4c3B(c3c2c1cc1c3oc2ccccc21)n1c(=O)c2c(n1-4)C1CC3CC(CC2C3)C1. The number of nitrogens with zero attached hydrogens (tertiary/aromatic N) is 3. The van der Waals surface area contributed by atoms with E-state index in [1.807, 2.05) is 0 Å². The summed E-state index contributed by atoms with van der Waals surface area (Å²) in [7, 11) is 0. The lowest BCUT2D eigenvalue weighted by atomic mass is 9.47. The van der Waals surface area contributed by atoms with Crippen molar-refractivity contribution in [2.75, 3.05) is 4.90 Å². The van der Waals surface area contributed by atoms with Gasteiger partial charge in [0.25, 0.3) is 5.56 Å². The summed E-state index contributed by atoms with van der Waals surface area (Å²) in [6, 6.07) is 26.5. The smallest absolute Gasteiger partial charge is 0.361 e. The lowest BCUT2D eigenvalue weighted by Crippen LogP contribution is -2.57. The second-order valence-corrected chi connectivity index (χ2v) is 15.3. The number of para-hydroxylation sites is 2. The molecule has 218 valence electrons. The highest BCUT2D eigenvalue weighted by Gasteiger charge is 2.54. The maximum Gasteiger partial charge on any atom is 0.361 e. The van der Waals surface area contributed by atoms with Gasteiger partial charge < -0.3 is 9.32 Å². The van der Waals surface area contributed by atoms with E-state index in [0.717, 1.165) is 44.8 Å². The van der Waals surface area contributed by atoms with Crippen molar-refractivity contribution in [2.24, 2.45) is 11.8 Å². The van der Waals surface area contributed by atoms with Crippen LogP contribution in [0.4, 0.5) is 17.1 Å². The van der Waals surface area contributed by atoms with Gasteiger partial charge in [-0.2, -0.15) is 0 Å². The van der Waals surface area contributed by atoms with Crippen molar-refractivity contribution >= 4 is 56.8 Å². The molecule has 45 heavy (non-hydrogen) atoms. The Morgan fingerprint density at radius 1 is 0.756 bits per heavy atom. The summed E-state index contributed by atoms with van der Waals surface area (Å²) in [5.74, 6) is 2.38. The molecule has 4 aliphatic carbocycles. The van der Waals surface area contributed by atoms with Crippen LogP contribution in [0.15, 0.2) is 82.0 Å². The Bertz CT molecular complexity index is 2410. The monoisotopic (exact) mass is 585 g/mol. The van der Waals surface area contributed by atoms with Crippen LogP contribution in [0.5, 0.6) is 0 Å². The maximum atomic E-state index is 15.1. The van der Waals surface area contributed by atoms with Gasteiger partial charge in [0.15, 0.2) is 0 Å². The van der Waals surface area contributed by atoms with Gasteiger partial charge in [-0.1, -0.05) is 56.3 Å². The third kappa shape index (κ3) is 2.56. The minimum Gasteiger partial charge on any atom is -0.456 e. The molecule has 5 heterocycles. The Kier molecular flexibility index (Phi) is 3.98. The zero-order valence-corrected chi connectivity index (χ0v) is 25.5. The summed E-state index contributed by atoms with van der Waals surface area (Å²) < 4.78 is 11.5. The van der Waals surface area contributed by atoms with Gasteiger partial charge in [0.1, 0.15) is 11.2 Å². The van der Waals surface area contributed by atoms with E-state index in [4.69, 9.17) is 4.42 Å². The molecule has 6 heteroatoms. The summed E-state index contributed by atoms with van der Waals surface area (Å²) in [6.45, 7) is 4.48. The average Bonchev–Trinajstić information content (AvgIpc) is 3.64. The van der Waals surface area contributed by atoms with Crippen LogP contribution in [0.25, 0.3) is 27.6 Å². The average molecular weight is 586 g/mol. The topological polar surface area (TPSA) is 43.3 Å². The molecule has 0 amide bonds. The van der Waals surface area contributed by atoms with E-state index in [9.17, 15) is 0 Å². The zero-order chi connectivity index (χ0) is 29.5. The summed E-state index contributed by atoms with van der Waals surface area (Å²) in [6.07, 6.45) is 6.18. The number of hydrogen-bond acceptors (Lipinski definition) is 3. The Balaban J connectivity index is 1.27. The Morgan fingerprint density at radius 2 is 1.49 bits per heavy atom. The fourth-order valence-corrected chi connectivity index (χ4v) is 11.3. The number of furan rings is 1. The van der Waals surface area contributed by atoms with Crippen LogP contribution in [0, 0.1) is 11.8 Å². The number of benzene rings is 4. The van der Waals surface area contributed by atoms with Gasteiger partial charge in [0.05, 0.1) is 22.8 Å².